The molecule has 156 valence electrons. The van der Waals surface area contributed by atoms with Crippen LogP contribution in [0.5, 0.6) is 0 Å². The number of hydrogen-bond donors (Lipinski definition) is 1. The number of imidazole rings is 1. The lowest BCUT2D eigenvalue weighted by molar-refractivity contribution is 0.0948. The number of carbonyl (C=O) groups excluding carboxylic acids is 2. The van der Waals surface area contributed by atoms with Gasteiger partial charge in [-0.05, 0) is 60.7 Å². The Hall–Kier alpha value is -3.51. The molecule has 0 spiro atoms. The van der Waals surface area contributed by atoms with E-state index in [1.807, 2.05) is 28.8 Å². The minimum absolute atomic E-state index is 0.0589. The van der Waals surface area contributed by atoms with Crippen molar-refractivity contribution < 1.29 is 14.0 Å². The van der Waals surface area contributed by atoms with E-state index in [1.165, 1.54) is 24.3 Å². The van der Waals surface area contributed by atoms with Crippen molar-refractivity contribution in [2.45, 2.75) is 13.0 Å². The predicted octanol–water partition coefficient (Wildman–Crippen LogP) is 4.68. The molecule has 0 aliphatic carbocycles. The Balaban J connectivity index is 1.50. The van der Waals surface area contributed by atoms with Crippen molar-refractivity contribution in [2.75, 3.05) is 6.54 Å². The maximum Gasteiger partial charge on any atom is 0.251 e. The van der Waals surface area contributed by atoms with E-state index in [9.17, 15) is 14.0 Å². The molecule has 4 aromatic rings. The van der Waals surface area contributed by atoms with Crippen LogP contribution in [0.2, 0.25) is 5.02 Å². The molecule has 31 heavy (non-hydrogen) atoms. The third kappa shape index (κ3) is 4.81. The van der Waals surface area contributed by atoms with Gasteiger partial charge in [0.05, 0.1) is 17.6 Å². The van der Waals surface area contributed by atoms with Crippen LogP contribution in [-0.2, 0) is 13.0 Å². The van der Waals surface area contributed by atoms with E-state index >= 15 is 0 Å². The van der Waals surface area contributed by atoms with E-state index in [0.717, 1.165) is 11.0 Å². The van der Waals surface area contributed by atoms with Crippen molar-refractivity contribution in [3.05, 3.63) is 101 Å². The van der Waals surface area contributed by atoms with Crippen LogP contribution in [0, 0.1) is 5.82 Å². The van der Waals surface area contributed by atoms with Crippen molar-refractivity contribution in [3.63, 3.8) is 0 Å². The number of fused-ring (bicyclic) bond motifs is 1. The first-order chi connectivity index (χ1) is 15.0. The molecule has 0 radical (unpaired) electrons. The number of rotatable bonds is 7. The monoisotopic (exact) mass is 435 g/mol. The zero-order valence-corrected chi connectivity index (χ0v) is 17.3. The van der Waals surface area contributed by atoms with Crippen LogP contribution in [-0.4, -0.2) is 27.8 Å². The molecule has 5 nitrogen and oxygen atoms in total. The highest BCUT2D eigenvalue weighted by Gasteiger charge is 2.15. The molecule has 0 aliphatic heterocycles. The van der Waals surface area contributed by atoms with Gasteiger partial charge in [-0.2, -0.15) is 0 Å². The molecule has 1 heterocycles. The summed E-state index contributed by atoms with van der Waals surface area (Å²) in [5, 5.41) is 3.39. The third-order valence-electron chi connectivity index (χ3n) is 4.94. The van der Waals surface area contributed by atoms with E-state index in [1.54, 1.807) is 24.3 Å². The van der Waals surface area contributed by atoms with Gasteiger partial charge in [0.1, 0.15) is 11.6 Å². The lowest BCUT2D eigenvalue weighted by Gasteiger charge is -2.10. The van der Waals surface area contributed by atoms with Crippen LogP contribution >= 0.6 is 11.6 Å². The summed E-state index contributed by atoms with van der Waals surface area (Å²) in [6, 6.07) is 19.7. The van der Waals surface area contributed by atoms with Crippen LogP contribution in [0.25, 0.3) is 11.0 Å². The Bertz CT molecular complexity index is 1230. The highest BCUT2D eigenvalue weighted by atomic mass is 35.5. The first-order valence-electron chi connectivity index (χ1n) is 9.78. The van der Waals surface area contributed by atoms with E-state index in [-0.39, 0.29) is 18.2 Å². The molecule has 0 saturated carbocycles. The van der Waals surface area contributed by atoms with Gasteiger partial charge in [-0.1, -0.05) is 23.7 Å². The fraction of sp³-hybridized carbons (Fsp3) is 0.125. The summed E-state index contributed by atoms with van der Waals surface area (Å²) >= 11 is 5.92. The molecule has 0 aliphatic rings. The van der Waals surface area contributed by atoms with Gasteiger partial charge in [0, 0.05) is 29.1 Å². The van der Waals surface area contributed by atoms with E-state index in [2.05, 4.69) is 10.3 Å². The van der Waals surface area contributed by atoms with Crippen LogP contribution < -0.4 is 5.32 Å². The average molecular weight is 436 g/mol. The fourth-order valence-electron chi connectivity index (χ4n) is 3.35. The van der Waals surface area contributed by atoms with Gasteiger partial charge in [0.2, 0.25) is 0 Å². The van der Waals surface area contributed by atoms with Crippen LogP contribution in [0.3, 0.4) is 0 Å². The number of hydrogen-bond acceptors (Lipinski definition) is 3. The Labute approximate surface area is 183 Å². The fourth-order valence-corrected chi connectivity index (χ4v) is 3.48. The van der Waals surface area contributed by atoms with E-state index in [4.69, 9.17) is 11.6 Å². The predicted molar refractivity (Wildman–Crippen MR) is 118 cm³/mol. The summed E-state index contributed by atoms with van der Waals surface area (Å²) in [6.45, 7) is 0.456. The first-order valence-corrected chi connectivity index (χ1v) is 10.2. The Morgan fingerprint density at radius 2 is 1.61 bits per heavy atom. The largest absolute Gasteiger partial charge is 0.352 e. The van der Waals surface area contributed by atoms with Crippen molar-refractivity contribution in [2.24, 2.45) is 0 Å². The molecule has 1 amide bonds. The molecule has 0 fully saturated rings. The molecule has 0 atom stereocenters. The molecule has 3 aromatic carbocycles. The second-order valence-corrected chi connectivity index (χ2v) is 7.48. The highest BCUT2D eigenvalue weighted by Crippen LogP contribution is 2.18. The molecule has 0 bridgehead atoms. The normalized spacial score (nSPS) is 10.9. The topological polar surface area (TPSA) is 64.0 Å². The first kappa shape index (κ1) is 20.8. The van der Waals surface area contributed by atoms with Gasteiger partial charge in [-0.15, -0.1) is 0 Å². The number of nitrogens with one attached hydrogen (secondary N) is 1. The summed E-state index contributed by atoms with van der Waals surface area (Å²) in [6.07, 6.45) is 0.440. The highest BCUT2D eigenvalue weighted by molar-refractivity contribution is 6.30. The molecule has 0 unspecified atom stereocenters. The second-order valence-electron chi connectivity index (χ2n) is 7.05. The number of carbonyl (C=O) groups is 2. The minimum Gasteiger partial charge on any atom is -0.352 e. The SMILES string of the molecule is O=C(Cn1c(CCNC(=O)c2ccc(F)cc2)nc2ccccc21)c1ccc(Cl)cc1. The third-order valence-corrected chi connectivity index (χ3v) is 5.19. The van der Waals surface area contributed by atoms with Crippen molar-refractivity contribution in [1.29, 1.82) is 0 Å². The van der Waals surface area contributed by atoms with Gasteiger partial charge in [0.25, 0.3) is 5.91 Å². The second kappa shape index (κ2) is 9.10. The molecular formula is C24H19ClFN3O2. The summed E-state index contributed by atoms with van der Waals surface area (Å²) in [5.41, 5.74) is 2.58. The number of halogens is 2. The van der Waals surface area contributed by atoms with Crippen LogP contribution in [0.1, 0.15) is 26.5 Å². The quantitative estimate of drug-likeness (QED) is 0.428. The van der Waals surface area contributed by atoms with Crippen molar-refractivity contribution >= 4 is 34.3 Å². The molecule has 0 saturated heterocycles. The average Bonchev–Trinajstić information content (AvgIpc) is 3.12. The number of Topliss-reactive ketones (excluding diaryl/α,β-unsaturated/α-hetero) is 1. The minimum atomic E-state index is -0.393. The van der Waals surface area contributed by atoms with Gasteiger partial charge in [0.15, 0.2) is 5.78 Å². The molecule has 4 rings (SSSR count). The number of nitrogens with zero attached hydrogens (tertiary/aromatic N) is 2. The maximum atomic E-state index is 13.0. The molecule has 7 heteroatoms. The van der Waals surface area contributed by atoms with Crippen molar-refractivity contribution in [3.8, 4) is 0 Å². The van der Waals surface area contributed by atoms with Crippen molar-refractivity contribution in [1.82, 2.24) is 14.9 Å². The van der Waals surface area contributed by atoms with Gasteiger partial charge in [-0.3, -0.25) is 9.59 Å². The number of amides is 1. The maximum absolute atomic E-state index is 13.0. The standard InChI is InChI=1S/C24H19ClFN3O2/c25-18-9-5-16(6-10-18)22(30)15-29-21-4-2-1-3-20(21)28-23(29)13-14-27-24(31)17-7-11-19(26)12-8-17/h1-12H,13-15H2,(H,27,31). The number of aromatic nitrogens is 2. The number of para-hydroxylation sites is 2. The number of benzene rings is 3. The summed E-state index contributed by atoms with van der Waals surface area (Å²) in [5.74, 6) is -0.0464. The molecule has 1 N–H and O–H groups in total. The summed E-state index contributed by atoms with van der Waals surface area (Å²) < 4.78 is 14.9. The smallest absolute Gasteiger partial charge is 0.251 e. The summed E-state index contributed by atoms with van der Waals surface area (Å²) in [7, 11) is 0. The Morgan fingerprint density at radius 1 is 0.935 bits per heavy atom. The van der Waals surface area contributed by atoms with Crippen LogP contribution in [0.15, 0.2) is 72.8 Å². The van der Waals surface area contributed by atoms with Crippen LogP contribution in [0.4, 0.5) is 4.39 Å². The lowest BCUT2D eigenvalue weighted by Crippen LogP contribution is -2.26. The number of ketones is 1. The molecular weight excluding hydrogens is 417 g/mol. The Kier molecular flexibility index (Phi) is 6.09. The zero-order chi connectivity index (χ0) is 21.8. The zero-order valence-electron chi connectivity index (χ0n) is 16.5. The molecule has 1 aromatic heterocycles. The lowest BCUT2D eigenvalue weighted by atomic mass is 10.1. The van der Waals surface area contributed by atoms with E-state index < -0.39 is 5.82 Å². The van der Waals surface area contributed by atoms with Gasteiger partial charge >= 0.3 is 0 Å². The van der Waals surface area contributed by atoms with Gasteiger partial charge in [-0.25, -0.2) is 9.37 Å². The van der Waals surface area contributed by atoms with Gasteiger partial charge < -0.3 is 9.88 Å². The van der Waals surface area contributed by atoms with E-state index in [0.29, 0.717) is 34.9 Å². The Morgan fingerprint density at radius 3 is 2.35 bits per heavy atom. The summed E-state index contributed by atoms with van der Waals surface area (Å²) in [4.78, 5) is 29.7.